The smallest absolute Gasteiger partial charge is 0.261 e. The lowest BCUT2D eigenvalue weighted by Crippen LogP contribution is -2.35. The molecule has 12 rings (SSSR count). The van der Waals surface area contributed by atoms with Crippen LogP contribution in [0.25, 0.3) is 83.4 Å². The van der Waals surface area contributed by atoms with Crippen LogP contribution in [0.4, 0.5) is 15.7 Å². The fourth-order valence-corrected chi connectivity index (χ4v) is 15.1. The first-order chi connectivity index (χ1) is 37.1. The summed E-state index contributed by atoms with van der Waals surface area (Å²) in [5.41, 5.74) is 7.46. The van der Waals surface area contributed by atoms with E-state index >= 15 is 0 Å². The molecule has 378 valence electrons. The molecule has 6 heterocycles. The maximum atomic E-state index is 14.7. The second-order valence-corrected chi connectivity index (χ2v) is 24.4. The molecule has 0 saturated heterocycles. The molecule has 0 aliphatic heterocycles. The van der Waals surface area contributed by atoms with Crippen molar-refractivity contribution in [3.05, 3.63) is 165 Å². The van der Waals surface area contributed by atoms with Gasteiger partial charge in [-0.3, -0.25) is 28.3 Å². The van der Waals surface area contributed by atoms with E-state index in [2.05, 4.69) is 81.0 Å². The molecular weight excluding hydrogens is 1020 g/mol. The van der Waals surface area contributed by atoms with Gasteiger partial charge in [-0.25, -0.2) is 0 Å². The maximum Gasteiger partial charge on any atom is 0.261 e. The fourth-order valence-electron chi connectivity index (χ4n) is 11.3. The van der Waals surface area contributed by atoms with Crippen molar-refractivity contribution in [1.29, 1.82) is 0 Å². The molecule has 2 unspecified atom stereocenters. The summed E-state index contributed by atoms with van der Waals surface area (Å²) in [5, 5.41) is 14.6. The second kappa shape index (κ2) is 20.3. The number of benzene rings is 6. The van der Waals surface area contributed by atoms with Crippen LogP contribution in [0.5, 0.6) is 0 Å². The predicted molar refractivity (Wildman–Crippen MR) is 327 cm³/mol. The first kappa shape index (κ1) is 49.6. The van der Waals surface area contributed by atoms with Gasteiger partial charge in [-0.1, -0.05) is 126 Å². The SMILES string of the molecule is CCCCC(CC)Cn1c(=O)c2ccc3c4ccccc4sc4c(C#Cc5ccc(Nc6cccc7sc8c(C#Cc9ccc(N)s9)cc9c(=O)n(CC(CC)CCCC)c(=O)c%10ccc(c67)c8c%109)s5)cc(c1=O)c2c43. The van der Waals surface area contributed by atoms with Crippen LogP contribution >= 0.6 is 45.3 Å². The summed E-state index contributed by atoms with van der Waals surface area (Å²) < 4.78 is 6.94. The van der Waals surface area contributed by atoms with Gasteiger partial charge in [0, 0.05) is 87.8 Å². The van der Waals surface area contributed by atoms with E-state index in [9.17, 15) is 19.2 Å². The summed E-state index contributed by atoms with van der Waals surface area (Å²) in [7, 11) is 0. The molecule has 12 heteroatoms. The minimum absolute atomic E-state index is 0.214. The van der Waals surface area contributed by atoms with Gasteiger partial charge in [0.2, 0.25) is 0 Å². The highest BCUT2D eigenvalue weighted by molar-refractivity contribution is 7.26. The van der Waals surface area contributed by atoms with Crippen LogP contribution in [0, 0.1) is 35.5 Å². The van der Waals surface area contributed by atoms with Crippen LogP contribution in [0.3, 0.4) is 0 Å². The zero-order chi connectivity index (χ0) is 52.4. The molecule has 0 radical (unpaired) electrons. The maximum absolute atomic E-state index is 14.7. The van der Waals surface area contributed by atoms with Crippen LogP contribution in [0.2, 0.25) is 0 Å². The molecular formula is C64H54N4O4S4. The van der Waals surface area contributed by atoms with Gasteiger partial charge in [-0.05, 0) is 108 Å². The topological polar surface area (TPSA) is 116 Å². The van der Waals surface area contributed by atoms with E-state index in [-0.39, 0.29) is 34.1 Å². The molecule has 0 aliphatic rings. The first-order valence-corrected chi connectivity index (χ1v) is 29.7. The molecule has 0 spiro atoms. The number of hydrogen-bond donors (Lipinski definition) is 2. The summed E-state index contributed by atoms with van der Waals surface area (Å²) in [6, 6.07) is 34.1. The Balaban J connectivity index is 0.977. The third kappa shape index (κ3) is 8.53. The Morgan fingerprint density at radius 3 is 1.61 bits per heavy atom. The van der Waals surface area contributed by atoms with Crippen molar-refractivity contribution < 1.29 is 0 Å². The summed E-state index contributed by atoms with van der Waals surface area (Å²) in [6.07, 6.45) is 7.91. The van der Waals surface area contributed by atoms with Crippen LogP contribution < -0.4 is 33.3 Å². The summed E-state index contributed by atoms with van der Waals surface area (Å²) in [6.45, 7) is 9.38. The Bertz CT molecular complexity index is 4660. The number of rotatable bonds is 14. The average molecular weight is 1070 g/mol. The highest BCUT2D eigenvalue weighted by Crippen LogP contribution is 2.45. The van der Waals surface area contributed by atoms with E-state index in [1.807, 2.05) is 78.9 Å². The van der Waals surface area contributed by atoms with Crippen LogP contribution in [0.15, 0.2) is 122 Å². The number of hydrogen-bond acceptors (Lipinski definition) is 10. The zero-order valence-corrected chi connectivity index (χ0v) is 46.0. The summed E-state index contributed by atoms with van der Waals surface area (Å²) in [5.74, 6) is 14.2. The van der Waals surface area contributed by atoms with Crippen molar-refractivity contribution in [2.45, 2.75) is 92.2 Å². The van der Waals surface area contributed by atoms with Crippen LogP contribution in [-0.4, -0.2) is 9.13 Å². The number of nitrogen functional groups attached to an aromatic ring is 1. The first-order valence-electron chi connectivity index (χ1n) is 26.4. The van der Waals surface area contributed by atoms with E-state index in [1.165, 1.54) is 31.8 Å². The number of fused-ring (bicyclic) bond motifs is 4. The lowest BCUT2D eigenvalue weighted by molar-refractivity contribution is 0.382. The summed E-state index contributed by atoms with van der Waals surface area (Å²) >= 11 is 6.22. The quantitative estimate of drug-likeness (QED) is 0.0637. The number of nitrogens with one attached hydrogen (secondary N) is 1. The number of pyridine rings is 2. The zero-order valence-electron chi connectivity index (χ0n) is 42.8. The van der Waals surface area contributed by atoms with Crippen LogP contribution in [0.1, 0.15) is 99.9 Å². The molecule has 8 nitrogen and oxygen atoms in total. The standard InChI is InChI=1S/C64H54N4O4S4/c1-5-9-14-36(7-3)34-67-61(69)45-28-26-43-42-16-11-12-18-50(42)75-59-38(32-47(63(67)71)54(45)57(43)59)21-23-41-25-31-53(74-41)66-49-17-13-19-51-56(49)44-27-29-46-55-48(64(72)68(62(46)70)35-37(8-4)15-10-6-2)33-39(60(76-51)58(44)55)20-22-40-24-30-52(65)73-40/h11-13,16-19,24-33,36-37,66H,5-10,14-15,34-35,65H2,1-4H3. The Labute approximate surface area is 454 Å². The number of nitrogens with two attached hydrogens (primary N) is 1. The molecule has 0 amide bonds. The van der Waals surface area contributed by atoms with Gasteiger partial charge < -0.3 is 11.1 Å². The second-order valence-electron chi connectivity index (χ2n) is 20.1. The molecule has 6 aromatic heterocycles. The molecule has 76 heavy (non-hydrogen) atoms. The van der Waals surface area contributed by atoms with Crippen molar-refractivity contribution in [2.24, 2.45) is 11.8 Å². The molecule has 0 fully saturated rings. The van der Waals surface area contributed by atoms with Gasteiger partial charge in [0.1, 0.15) is 0 Å². The Hall–Kier alpha value is -7.32. The fraction of sp³-hybridized carbons (Fsp3) is 0.250. The van der Waals surface area contributed by atoms with Gasteiger partial charge in [0.25, 0.3) is 22.2 Å². The summed E-state index contributed by atoms with van der Waals surface area (Å²) in [4.78, 5) is 59.8. The van der Waals surface area contributed by atoms with Gasteiger partial charge in [0.05, 0.1) is 29.2 Å². The lowest BCUT2D eigenvalue weighted by Gasteiger charge is -2.19. The molecule has 2 atom stereocenters. The van der Waals surface area contributed by atoms with Crippen molar-refractivity contribution >= 4 is 144 Å². The molecule has 3 N–H and O–H groups in total. The molecule has 12 aromatic rings. The molecule has 0 aliphatic carbocycles. The average Bonchev–Trinajstić information content (AvgIpc) is 4.09. The van der Waals surface area contributed by atoms with E-state index < -0.39 is 0 Å². The molecule has 0 saturated carbocycles. The monoisotopic (exact) mass is 1070 g/mol. The largest absolute Gasteiger partial charge is 0.391 e. The Kier molecular flexibility index (Phi) is 13.3. The number of aromatic nitrogens is 2. The number of nitrogens with zero attached hydrogens (tertiary/aromatic N) is 2. The van der Waals surface area contributed by atoms with E-state index in [4.69, 9.17) is 5.73 Å². The van der Waals surface area contributed by atoms with Crippen molar-refractivity contribution in [1.82, 2.24) is 9.13 Å². The third-order valence-electron chi connectivity index (χ3n) is 15.4. The highest BCUT2D eigenvalue weighted by Gasteiger charge is 2.25. The molecule has 0 bridgehead atoms. The van der Waals surface area contributed by atoms with Gasteiger partial charge in [0.15, 0.2) is 0 Å². The van der Waals surface area contributed by atoms with Crippen molar-refractivity contribution in [3.63, 3.8) is 0 Å². The predicted octanol–water partition coefficient (Wildman–Crippen LogP) is 15.6. The third-order valence-corrected chi connectivity index (χ3v) is 19.5. The van der Waals surface area contributed by atoms with E-state index in [0.29, 0.717) is 45.0 Å². The Morgan fingerprint density at radius 1 is 0.487 bits per heavy atom. The van der Waals surface area contributed by atoms with Crippen molar-refractivity contribution in [3.8, 4) is 23.7 Å². The number of anilines is 3. The van der Waals surface area contributed by atoms with E-state index in [1.54, 1.807) is 22.7 Å². The van der Waals surface area contributed by atoms with Gasteiger partial charge >= 0.3 is 0 Å². The number of unbranched alkanes of at least 4 members (excludes halogenated alkanes) is 2. The number of thiophene rings is 2. The van der Waals surface area contributed by atoms with Crippen molar-refractivity contribution in [2.75, 3.05) is 11.1 Å². The van der Waals surface area contributed by atoms with E-state index in [0.717, 1.165) is 139 Å². The minimum atomic E-state index is -0.276. The van der Waals surface area contributed by atoms with Crippen LogP contribution in [-0.2, 0) is 13.1 Å². The minimum Gasteiger partial charge on any atom is -0.391 e. The van der Waals surface area contributed by atoms with Gasteiger partial charge in [-0.15, -0.1) is 45.3 Å². The lowest BCUT2D eigenvalue weighted by atomic mass is 9.94. The normalized spacial score (nSPS) is 12.7. The Morgan fingerprint density at radius 2 is 1.01 bits per heavy atom. The van der Waals surface area contributed by atoms with Gasteiger partial charge in [-0.2, -0.15) is 0 Å². The molecule has 6 aromatic carbocycles. The highest BCUT2D eigenvalue weighted by atomic mass is 32.1.